The number of pyridine rings is 1. The molecule has 3 aromatic rings. The maximum atomic E-state index is 13.3. The van der Waals surface area contributed by atoms with Crippen molar-refractivity contribution in [1.82, 2.24) is 19.7 Å². The van der Waals surface area contributed by atoms with Gasteiger partial charge in [0, 0.05) is 31.8 Å². The molecular formula is C19H20F2N4. The van der Waals surface area contributed by atoms with E-state index >= 15 is 0 Å². The number of halogens is 2. The number of benzene rings is 1. The summed E-state index contributed by atoms with van der Waals surface area (Å²) in [5, 5.41) is 4.58. The summed E-state index contributed by atoms with van der Waals surface area (Å²) >= 11 is 0. The summed E-state index contributed by atoms with van der Waals surface area (Å²) in [7, 11) is 0. The lowest BCUT2D eigenvalue weighted by atomic mass is 10.1. The van der Waals surface area contributed by atoms with Crippen LogP contribution in [0.25, 0.3) is 0 Å². The van der Waals surface area contributed by atoms with E-state index in [4.69, 9.17) is 0 Å². The normalized spacial score (nSPS) is 11.0. The number of hydrogen-bond donors (Lipinski definition) is 0. The van der Waals surface area contributed by atoms with Gasteiger partial charge in [-0.3, -0.25) is 4.98 Å². The van der Waals surface area contributed by atoms with Crippen molar-refractivity contribution in [3.05, 3.63) is 77.1 Å². The van der Waals surface area contributed by atoms with Crippen LogP contribution in [0.1, 0.15) is 36.1 Å². The molecule has 6 heteroatoms. The van der Waals surface area contributed by atoms with E-state index < -0.39 is 11.6 Å². The zero-order valence-corrected chi connectivity index (χ0v) is 14.1. The van der Waals surface area contributed by atoms with E-state index in [1.54, 1.807) is 12.3 Å². The van der Waals surface area contributed by atoms with Gasteiger partial charge in [-0.05, 0) is 42.2 Å². The third-order valence-electron chi connectivity index (χ3n) is 3.93. The van der Waals surface area contributed by atoms with Crippen molar-refractivity contribution in [2.45, 2.75) is 39.2 Å². The molecule has 0 saturated heterocycles. The standard InChI is InChI=1S/C19H20F2N4/c1-2-10-25-19(8-6-14-5-7-16(20)17(21)11-14)23-18(24-25)12-15-4-3-9-22-13-15/h3-5,7,9,11,13H,2,6,8,10,12H2,1H3. The molecule has 0 bridgehead atoms. The average Bonchev–Trinajstić information content (AvgIpc) is 2.99. The van der Waals surface area contributed by atoms with Gasteiger partial charge in [0.25, 0.3) is 0 Å². The van der Waals surface area contributed by atoms with E-state index in [-0.39, 0.29) is 0 Å². The van der Waals surface area contributed by atoms with Gasteiger partial charge in [-0.15, -0.1) is 0 Å². The van der Waals surface area contributed by atoms with Gasteiger partial charge in [0.1, 0.15) is 5.82 Å². The molecule has 0 aliphatic rings. The minimum absolute atomic E-state index is 0.589. The number of rotatable bonds is 7. The van der Waals surface area contributed by atoms with Gasteiger partial charge in [0.15, 0.2) is 17.5 Å². The first-order valence-corrected chi connectivity index (χ1v) is 8.41. The quantitative estimate of drug-likeness (QED) is 0.657. The van der Waals surface area contributed by atoms with Crippen LogP contribution in [-0.4, -0.2) is 19.7 Å². The molecule has 4 nitrogen and oxygen atoms in total. The Kier molecular flexibility index (Phi) is 5.48. The predicted octanol–water partition coefficient (Wildman–Crippen LogP) is 3.74. The monoisotopic (exact) mass is 342 g/mol. The van der Waals surface area contributed by atoms with Gasteiger partial charge in [0.2, 0.25) is 0 Å². The summed E-state index contributed by atoms with van der Waals surface area (Å²) in [6.45, 7) is 2.87. The van der Waals surface area contributed by atoms with Crippen molar-refractivity contribution < 1.29 is 8.78 Å². The number of hydrogen-bond acceptors (Lipinski definition) is 3. The summed E-state index contributed by atoms with van der Waals surface area (Å²) in [6, 6.07) is 7.90. The highest BCUT2D eigenvalue weighted by atomic mass is 19.2. The van der Waals surface area contributed by atoms with Crippen LogP contribution >= 0.6 is 0 Å². The van der Waals surface area contributed by atoms with Crippen LogP contribution < -0.4 is 0 Å². The molecule has 25 heavy (non-hydrogen) atoms. The van der Waals surface area contributed by atoms with Gasteiger partial charge in [0.05, 0.1) is 0 Å². The second-order valence-electron chi connectivity index (χ2n) is 5.95. The average molecular weight is 342 g/mol. The Morgan fingerprint density at radius 2 is 1.92 bits per heavy atom. The molecule has 3 rings (SSSR count). The smallest absolute Gasteiger partial charge is 0.159 e. The lowest BCUT2D eigenvalue weighted by molar-refractivity contribution is 0.506. The second-order valence-corrected chi connectivity index (χ2v) is 5.95. The van der Waals surface area contributed by atoms with Gasteiger partial charge in [-0.2, -0.15) is 5.10 Å². The molecule has 0 saturated carbocycles. The largest absolute Gasteiger partial charge is 0.264 e. The molecule has 2 heterocycles. The maximum absolute atomic E-state index is 13.3. The first-order valence-electron chi connectivity index (χ1n) is 8.41. The van der Waals surface area contributed by atoms with Gasteiger partial charge in [-0.25, -0.2) is 18.4 Å². The molecule has 2 aromatic heterocycles. The van der Waals surface area contributed by atoms with Crippen molar-refractivity contribution in [2.24, 2.45) is 0 Å². The fraction of sp³-hybridized carbons (Fsp3) is 0.316. The first kappa shape index (κ1) is 17.2. The Hall–Kier alpha value is -2.63. The van der Waals surface area contributed by atoms with E-state index in [2.05, 4.69) is 22.0 Å². The van der Waals surface area contributed by atoms with Gasteiger partial charge in [-0.1, -0.05) is 19.1 Å². The number of nitrogens with zero attached hydrogens (tertiary/aromatic N) is 4. The molecule has 0 N–H and O–H groups in total. The summed E-state index contributed by atoms with van der Waals surface area (Å²) in [5.41, 5.74) is 1.81. The molecule has 130 valence electrons. The van der Waals surface area contributed by atoms with E-state index in [0.29, 0.717) is 19.3 Å². The minimum Gasteiger partial charge on any atom is -0.264 e. The molecule has 0 amide bonds. The van der Waals surface area contributed by atoms with Crippen molar-refractivity contribution in [3.8, 4) is 0 Å². The van der Waals surface area contributed by atoms with Crippen LogP contribution in [0.5, 0.6) is 0 Å². The second kappa shape index (κ2) is 7.96. The zero-order chi connectivity index (χ0) is 17.6. The van der Waals surface area contributed by atoms with Gasteiger partial charge >= 0.3 is 0 Å². The van der Waals surface area contributed by atoms with Gasteiger partial charge < -0.3 is 0 Å². The molecule has 0 radical (unpaired) electrons. The molecule has 0 aliphatic heterocycles. The summed E-state index contributed by atoms with van der Waals surface area (Å²) in [5.74, 6) is -0.0198. The lowest BCUT2D eigenvalue weighted by Crippen LogP contribution is -2.07. The molecule has 0 aliphatic carbocycles. The van der Waals surface area contributed by atoms with Crippen LogP contribution in [0.4, 0.5) is 8.78 Å². The zero-order valence-electron chi connectivity index (χ0n) is 14.1. The third kappa shape index (κ3) is 4.47. The maximum Gasteiger partial charge on any atom is 0.159 e. The number of aromatic nitrogens is 4. The first-order chi connectivity index (χ1) is 12.2. The lowest BCUT2D eigenvalue weighted by Gasteiger charge is -2.05. The highest BCUT2D eigenvalue weighted by Gasteiger charge is 2.11. The van der Waals surface area contributed by atoms with E-state index in [0.717, 1.165) is 41.8 Å². The molecule has 0 fully saturated rings. The predicted molar refractivity (Wildman–Crippen MR) is 91.1 cm³/mol. The molecule has 0 atom stereocenters. The van der Waals surface area contributed by atoms with E-state index in [1.165, 1.54) is 6.07 Å². The Balaban J connectivity index is 1.73. The van der Waals surface area contributed by atoms with E-state index in [1.807, 2.05) is 23.0 Å². The topological polar surface area (TPSA) is 43.6 Å². The summed E-state index contributed by atoms with van der Waals surface area (Å²) in [4.78, 5) is 8.74. The van der Waals surface area contributed by atoms with Crippen molar-refractivity contribution in [3.63, 3.8) is 0 Å². The Morgan fingerprint density at radius 3 is 2.64 bits per heavy atom. The fourth-order valence-corrected chi connectivity index (χ4v) is 2.71. The summed E-state index contributed by atoms with van der Waals surface area (Å²) in [6.07, 6.45) is 6.34. The third-order valence-corrected chi connectivity index (χ3v) is 3.93. The molecule has 0 unspecified atom stereocenters. The van der Waals surface area contributed by atoms with Crippen LogP contribution in [0.2, 0.25) is 0 Å². The summed E-state index contributed by atoms with van der Waals surface area (Å²) < 4.78 is 28.3. The minimum atomic E-state index is -0.823. The van der Waals surface area contributed by atoms with E-state index in [9.17, 15) is 8.78 Å². The van der Waals surface area contributed by atoms with Crippen LogP contribution in [0.3, 0.4) is 0 Å². The highest BCUT2D eigenvalue weighted by molar-refractivity contribution is 5.19. The Bertz CT molecular complexity index is 831. The van der Waals surface area contributed by atoms with Crippen molar-refractivity contribution >= 4 is 0 Å². The van der Waals surface area contributed by atoms with Crippen LogP contribution in [-0.2, 0) is 25.8 Å². The van der Waals surface area contributed by atoms with Crippen LogP contribution in [0, 0.1) is 11.6 Å². The highest BCUT2D eigenvalue weighted by Crippen LogP contribution is 2.13. The SMILES string of the molecule is CCCn1nc(Cc2cccnc2)nc1CCc1ccc(F)c(F)c1. The molecule has 0 spiro atoms. The number of aryl methyl sites for hydroxylation is 3. The Labute approximate surface area is 145 Å². The Morgan fingerprint density at radius 1 is 1.04 bits per heavy atom. The van der Waals surface area contributed by atoms with Crippen LogP contribution in [0.15, 0.2) is 42.7 Å². The molecular weight excluding hydrogens is 322 g/mol. The molecule has 1 aromatic carbocycles. The van der Waals surface area contributed by atoms with Crippen molar-refractivity contribution in [2.75, 3.05) is 0 Å². The fourth-order valence-electron chi connectivity index (χ4n) is 2.71. The van der Waals surface area contributed by atoms with Crippen molar-refractivity contribution in [1.29, 1.82) is 0 Å².